The minimum Gasteiger partial charge on any atom is -0.292 e. The maximum Gasteiger partial charge on any atom is 0.195 e. The van der Waals surface area contributed by atoms with E-state index in [2.05, 4.69) is 26.0 Å². The van der Waals surface area contributed by atoms with E-state index in [9.17, 15) is 4.79 Å². The Hall–Kier alpha value is -1.49. The smallest absolute Gasteiger partial charge is 0.195 e. The molecule has 0 amide bonds. The lowest BCUT2D eigenvalue weighted by Crippen LogP contribution is -2.11. The number of carbonyl (C=O) groups is 1. The van der Waals surface area contributed by atoms with Gasteiger partial charge in [0.25, 0.3) is 0 Å². The van der Waals surface area contributed by atoms with Crippen molar-refractivity contribution in [2.45, 2.75) is 6.54 Å². The standard InChI is InChI=1S/C10H8BrN3O/c11-10-12-7-13-14(10)6-9(15)8-4-2-1-3-5-8/h1-5,7H,6H2. The highest BCUT2D eigenvalue weighted by Gasteiger charge is 2.08. The lowest BCUT2D eigenvalue weighted by Gasteiger charge is -2.01. The Morgan fingerprint density at radius 3 is 2.67 bits per heavy atom. The molecule has 0 aliphatic heterocycles. The molecule has 0 aliphatic carbocycles. The van der Waals surface area contributed by atoms with Crippen molar-refractivity contribution in [3.05, 3.63) is 47.0 Å². The molecule has 2 aromatic rings. The zero-order valence-corrected chi connectivity index (χ0v) is 9.39. The molecule has 4 nitrogen and oxygen atoms in total. The van der Waals surface area contributed by atoms with Gasteiger partial charge in [0, 0.05) is 5.56 Å². The second kappa shape index (κ2) is 4.35. The highest BCUT2D eigenvalue weighted by Crippen LogP contribution is 2.06. The average molecular weight is 266 g/mol. The van der Waals surface area contributed by atoms with E-state index in [1.54, 1.807) is 12.1 Å². The van der Waals surface area contributed by atoms with Crippen LogP contribution in [0.25, 0.3) is 0 Å². The molecule has 1 aromatic carbocycles. The minimum absolute atomic E-state index is 0.0156. The Labute approximate surface area is 95.1 Å². The summed E-state index contributed by atoms with van der Waals surface area (Å²) >= 11 is 3.20. The first-order chi connectivity index (χ1) is 7.27. The van der Waals surface area contributed by atoms with E-state index in [1.807, 2.05) is 18.2 Å². The van der Waals surface area contributed by atoms with E-state index >= 15 is 0 Å². The summed E-state index contributed by atoms with van der Waals surface area (Å²) in [6.07, 6.45) is 1.41. The molecule has 0 N–H and O–H groups in total. The number of Topliss-reactive ketones (excluding diaryl/α,β-unsaturated/α-hetero) is 1. The Kier molecular flexibility index (Phi) is 2.91. The van der Waals surface area contributed by atoms with Gasteiger partial charge in [0.2, 0.25) is 0 Å². The number of aromatic nitrogens is 3. The van der Waals surface area contributed by atoms with Crippen LogP contribution in [0.1, 0.15) is 10.4 Å². The van der Waals surface area contributed by atoms with E-state index in [1.165, 1.54) is 11.0 Å². The van der Waals surface area contributed by atoms with Gasteiger partial charge in [-0.2, -0.15) is 5.10 Å². The molecule has 0 radical (unpaired) electrons. The van der Waals surface area contributed by atoms with Crippen LogP contribution in [0.15, 0.2) is 41.4 Å². The van der Waals surface area contributed by atoms with Crippen LogP contribution in [0.5, 0.6) is 0 Å². The first kappa shape index (κ1) is 10.0. The van der Waals surface area contributed by atoms with Gasteiger partial charge in [0.1, 0.15) is 12.9 Å². The van der Waals surface area contributed by atoms with Crippen molar-refractivity contribution in [1.29, 1.82) is 0 Å². The number of nitrogens with zero attached hydrogens (tertiary/aromatic N) is 3. The summed E-state index contributed by atoms with van der Waals surface area (Å²) in [4.78, 5) is 15.6. The summed E-state index contributed by atoms with van der Waals surface area (Å²) < 4.78 is 2.07. The van der Waals surface area contributed by atoms with Gasteiger partial charge in [0.05, 0.1) is 0 Å². The van der Waals surface area contributed by atoms with Crippen LogP contribution in [0.3, 0.4) is 0 Å². The number of benzene rings is 1. The van der Waals surface area contributed by atoms with Crippen LogP contribution in [-0.4, -0.2) is 20.5 Å². The molecule has 2 rings (SSSR count). The fraction of sp³-hybridized carbons (Fsp3) is 0.100. The molecule has 0 bridgehead atoms. The van der Waals surface area contributed by atoms with E-state index in [0.717, 1.165) is 0 Å². The number of carbonyl (C=O) groups excluding carboxylic acids is 1. The summed E-state index contributed by atoms with van der Waals surface area (Å²) in [7, 11) is 0. The van der Waals surface area contributed by atoms with Crippen molar-refractivity contribution in [1.82, 2.24) is 14.8 Å². The lowest BCUT2D eigenvalue weighted by atomic mass is 10.1. The second-order valence-corrected chi connectivity index (χ2v) is 3.69. The first-order valence-electron chi connectivity index (χ1n) is 4.39. The summed E-state index contributed by atoms with van der Waals surface area (Å²) in [5.41, 5.74) is 0.680. The predicted octanol–water partition coefficient (Wildman–Crippen LogP) is 1.92. The fourth-order valence-electron chi connectivity index (χ4n) is 1.21. The third kappa shape index (κ3) is 2.30. The topological polar surface area (TPSA) is 47.8 Å². The highest BCUT2D eigenvalue weighted by atomic mass is 79.9. The Balaban J connectivity index is 2.15. The van der Waals surface area contributed by atoms with Gasteiger partial charge in [0.15, 0.2) is 10.5 Å². The average Bonchev–Trinajstić information content (AvgIpc) is 2.66. The Bertz CT molecular complexity index is 467. The third-order valence-electron chi connectivity index (χ3n) is 1.96. The quantitative estimate of drug-likeness (QED) is 0.797. The van der Waals surface area contributed by atoms with Gasteiger partial charge in [-0.25, -0.2) is 9.67 Å². The van der Waals surface area contributed by atoms with Crippen LogP contribution in [-0.2, 0) is 6.54 Å². The van der Waals surface area contributed by atoms with Gasteiger partial charge in [-0.1, -0.05) is 30.3 Å². The summed E-state index contributed by atoms with van der Waals surface area (Å²) in [5.74, 6) is 0.0156. The van der Waals surface area contributed by atoms with E-state index < -0.39 is 0 Å². The second-order valence-electron chi connectivity index (χ2n) is 2.98. The largest absolute Gasteiger partial charge is 0.292 e. The van der Waals surface area contributed by atoms with Gasteiger partial charge in [-0.15, -0.1) is 0 Å². The van der Waals surface area contributed by atoms with Crippen molar-refractivity contribution in [2.24, 2.45) is 0 Å². The molecule has 0 fully saturated rings. The van der Waals surface area contributed by atoms with Crippen molar-refractivity contribution < 1.29 is 4.79 Å². The normalized spacial score (nSPS) is 10.2. The van der Waals surface area contributed by atoms with Crippen LogP contribution >= 0.6 is 15.9 Å². The van der Waals surface area contributed by atoms with Gasteiger partial charge in [-0.05, 0) is 15.9 Å². The zero-order chi connectivity index (χ0) is 10.7. The Morgan fingerprint density at radius 2 is 2.07 bits per heavy atom. The molecule has 1 heterocycles. The van der Waals surface area contributed by atoms with Crippen molar-refractivity contribution in [3.8, 4) is 0 Å². The minimum atomic E-state index is 0.0156. The molecule has 0 saturated heterocycles. The first-order valence-corrected chi connectivity index (χ1v) is 5.18. The van der Waals surface area contributed by atoms with Crippen LogP contribution in [0.4, 0.5) is 0 Å². The molecule has 15 heavy (non-hydrogen) atoms. The molecular weight excluding hydrogens is 258 g/mol. The number of rotatable bonds is 3. The zero-order valence-electron chi connectivity index (χ0n) is 7.80. The number of ketones is 1. The summed E-state index contributed by atoms with van der Waals surface area (Å²) in [6, 6.07) is 9.12. The van der Waals surface area contributed by atoms with Crippen LogP contribution in [0, 0.1) is 0 Å². The molecule has 1 aromatic heterocycles. The molecular formula is C10H8BrN3O. The molecule has 0 atom stereocenters. The van der Waals surface area contributed by atoms with Crippen molar-refractivity contribution >= 4 is 21.7 Å². The highest BCUT2D eigenvalue weighted by molar-refractivity contribution is 9.10. The van der Waals surface area contributed by atoms with E-state index in [0.29, 0.717) is 10.3 Å². The predicted molar refractivity (Wildman–Crippen MR) is 58.5 cm³/mol. The fourth-order valence-corrected chi connectivity index (χ4v) is 1.52. The molecule has 76 valence electrons. The SMILES string of the molecule is O=C(Cn1ncnc1Br)c1ccccc1. The molecule has 0 spiro atoms. The van der Waals surface area contributed by atoms with Crippen LogP contribution in [0.2, 0.25) is 0 Å². The summed E-state index contributed by atoms with van der Waals surface area (Å²) in [5, 5.41) is 3.92. The van der Waals surface area contributed by atoms with Crippen molar-refractivity contribution in [3.63, 3.8) is 0 Å². The maximum atomic E-state index is 11.8. The lowest BCUT2D eigenvalue weighted by molar-refractivity contribution is 0.0966. The molecule has 0 unspecified atom stereocenters. The summed E-state index contributed by atoms with van der Waals surface area (Å²) in [6.45, 7) is 0.199. The molecule has 0 saturated carbocycles. The molecule has 0 aliphatic rings. The van der Waals surface area contributed by atoms with Crippen LogP contribution < -0.4 is 0 Å². The van der Waals surface area contributed by atoms with Crippen molar-refractivity contribution in [2.75, 3.05) is 0 Å². The van der Waals surface area contributed by atoms with E-state index in [-0.39, 0.29) is 12.3 Å². The van der Waals surface area contributed by atoms with Gasteiger partial charge >= 0.3 is 0 Å². The number of halogens is 1. The molecule has 5 heteroatoms. The third-order valence-corrected chi connectivity index (χ3v) is 2.57. The van der Waals surface area contributed by atoms with E-state index in [4.69, 9.17) is 0 Å². The number of hydrogen-bond donors (Lipinski definition) is 0. The maximum absolute atomic E-state index is 11.8. The van der Waals surface area contributed by atoms with Gasteiger partial charge < -0.3 is 0 Å². The monoisotopic (exact) mass is 265 g/mol. The Morgan fingerprint density at radius 1 is 1.33 bits per heavy atom. The van der Waals surface area contributed by atoms with Gasteiger partial charge in [-0.3, -0.25) is 4.79 Å². The number of hydrogen-bond acceptors (Lipinski definition) is 3.